The van der Waals surface area contributed by atoms with Gasteiger partial charge >= 0.3 is 0 Å². The summed E-state index contributed by atoms with van der Waals surface area (Å²) in [4.78, 5) is 13.3. The van der Waals surface area contributed by atoms with Gasteiger partial charge in [-0.25, -0.2) is 0 Å². The van der Waals surface area contributed by atoms with Gasteiger partial charge in [-0.15, -0.1) is 0 Å². The van der Waals surface area contributed by atoms with Crippen molar-refractivity contribution < 1.29 is 0 Å². The standard InChI is InChI=1S/C25H28N2O/c1-2-3-9-18-27-22-15-8-7-14-21(22)24-23(27)16-19-26(25(24)28)17-10-13-20-11-5-4-6-12-20/h4-8,11-12,14-16,19H,2-3,9-10,13,17-18H2,1H3. The topological polar surface area (TPSA) is 26.9 Å². The number of unbranched alkanes of at least 4 members (excludes halogenated alkanes) is 2. The first-order valence-electron chi connectivity index (χ1n) is 10.4. The van der Waals surface area contributed by atoms with E-state index in [2.05, 4.69) is 60.0 Å². The molecule has 0 atom stereocenters. The monoisotopic (exact) mass is 372 g/mol. The Hall–Kier alpha value is -2.81. The lowest BCUT2D eigenvalue weighted by atomic mass is 10.1. The van der Waals surface area contributed by atoms with E-state index in [1.165, 1.54) is 23.9 Å². The first kappa shape index (κ1) is 18.5. The molecule has 28 heavy (non-hydrogen) atoms. The maximum Gasteiger partial charge on any atom is 0.260 e. The van der Waals surface area contributed by atoms with Crippen molar-refractivity contribution in [1.29, 1.82) is 0 Å². The minimum atomic E-state index is 0.135. The predicted octanol–water partition coefficient (Wildman–Crippen LogP) is 5.78. The van der Waals surface area contributed by atoms with E-state index >= 15 is 0 Å². The number of pyridine rings is 1. The fourth-order valence-corrected chi connectivity index (χ4v) is 4.13. The van der Waals surface area contributed by atoms with Gasteiger partial charge in [-0.3, -0.25) is 4.79 Å². The summed E-state index contributed by atoms with van der Waals surface area (Å²) in [5.41, 5.74) is 3.70. The van der Waals surface area contributed by atoms with Crippen LogP contribution in [0.2, 0.25) is 0 Å². The molecule has 144 valence electrons. The lowest BCUT2D eigenvalue weighted by Gasteiger charge is -2.09. The highest BCUT2D eigenvalue weighted by molar-refractivity contribution is 6.07. The minimum Gasteiger partial charge on any atom is -0.340 e. The number of nitrogens with zero attached hydrogens (tertiary/aromatic N) is 2. The zero-order chi connectivity index (χ0) is 19.3. The van der Waals surface area contributed by atoms with Crippen molar-refractivity contribution in [3.05, 3.63) is 82.8 Å². The van der Waals surface area contributed by atoms with E-state index in [4.69, 9.17) is 0 Å². The van der Waals surface area contributed by atoms with Gasteiger partial charge in [-0.1, -0.05) is 68.3 Å². The van der Waals surface area contributed by atoms with Crippen LogP contribution in [0.1, 0.15) is 38.2 Å². The number of rotatable bonds is 8. The van der Waals surface area contributed by atoms with Crippen LogP contribution in [0.25, 0.3) is 21.8 Å². The van der Waals surface area contributed by atoms with E-state index in [0.29, 0.717) is 0 Å². The van der Waals surface area contributed by atoms with Crippen molar-refractivity contribution in [2.75, 3.05) is 0 Å². The lowest BCUT2D eigenvalue weighted by Crippen LogP contribution is -2.19. The molecule has 4 aromatic rings. The average molecular weight is 373 g/mol. The van der Waals surface area contributed by atoms with E-state index in [1.807, 2.05) is 22.9 Å². The molecule has 0 aliphatic rings. The Morgan fingerprint density at radius 3 is 2.39 bits per heavy atom. The molecule has 0 aliphatic carbocycles. The quantitative estimate of drug-likeness (QED) is 0.360. The van der Waals surface area contributed by atoms with Crippen LogP contribution in [0.5, 0.6) is 0 Å². The maximum absolute atomic E-state index is 13.3. The first-order valence-corrected chi connectivity index (χ1v) is 10.4. The first-order chi connectivity index (χ1) is 13.8. The third-order valence-corrected chi connectivity index (χ3v) is 5.59. The zero-order valence-electron chi connectivity index (χ0n) is 16.6. The van der Waals surface area contributed by atoms with Crippen molar-refractivity contribution in [3.8, 4) is 0 Å². The molecule has 0 fully saturated rings. The normalized spacial score (nSPS) is 11.5. The molecule has 0 saturated heterocycles. The summed E-state index contributed by atoms with van der Waals surface area (Å²) in [5, 5.41) is 1.95. The summed E-state index contributed by atoms with van der Waals surface area (Å²) in [5.74, 6) is 0. The molecule has 0 N–H and O–H groups in total. The van der Waals surface area contributed by atoms with Gasteiger partial charge in [0.2, 0.25) is 0 Å². The van der Waals surface area contributed by atoms with Crippen molar-refractivity contribution in [3.63, 3.8) is 0 Å². The number of hydrogen-bond donors (Lipinski definition) is 0. The van der Waals surface area contributed by atoms with Crippen LogP contribution in [0.3, 0.4) is 0 Å². The fourth-order valence-electron chi connectivity index (χ4n) is 4.13. The highest BCUT2D eigenvalue weighted by Crippen LogP contribution is 2.27. The molecule has 4 rings (SSSR count). The second-order valence-electron chi connectivity index (χ2n) is 7.54. The van der Waals surface area contributed by atoms with Gasteiger partial charge in [0.15, 0.2) is 0 Å². The Bertz CT molecular complexity index is 1120. The largest absolute Gasteiger partial charge is 0.340 e. The summed E-state index contributed by atoms with van der Waals surface area (Å²) in [6, 6.07) is 20.9. The molecule has 0 saturated carbocycles. The van der Waals surface area contributed by atoms with Crippen molar-refractivity contribution >= 4 is 21.8 Å². The molecule has 3 heteroatoms. The maximum atomic E-state index is 13.3. The van der Waals surface area contributed by atoms with Crippen LogP contribution in [-0.2, 0) is 19.5 Å². The van der Waals surface area contributed by atoms with Crippen molar-refractivity contribution in [1.82, 2.24) is 9.13 Å². The van der Waals surface area contributed by atoms with Gasteiger partial charge in [0.1, 0.15) is 0 Å². The van der Waals surface area contributed by atoms with Crippen LogP contribution in [0, 0.1) is 0 Å². The lowest BCUT2D eigenvalue weighted by molar-refractivity contribution is 0.619. The van der Waals surface area contributed by atoms with Gasteiger partial charge in [0, 0.05) is 30.2 Å². The summed E-state index contributed by atoms with van der Waals surface area (Å²) < 4.78 is 4.21. The van der Waals surface area contributed by atoms with E-state index in [-0.39, 0.29) is 5.56 Å². The number of aryl methyl sites for hydroxylation is 3. The van der Waals surface area contributed by atoms with E-state index in [9.17, 15) is 4.79 Å². The van der Waals surface area contributed by atoms with Crippen LogP contribution in [0.15, 0.2) is 71.7 Å². The summed E-state index contributed by atoms with van der Waals surface area (Å²) in [6.07, 6.45) is 7.49. The molecule has 2 aromatic carbocycles. The molecule has 0 aliphatic heterocycles. The fraction of sp³-hybridized carbons (Fsp3) is 0.320. The van der Waals surface area contributed by atoms with Crippen LogP contribution in [0.4, 0.5) is 0 Å². The van der Waals surface area contributed by atoms with Gasteiger partial charge in [0.05, 0.1) is 10.9 Å². The van der Waals surface area contributed by atoms with E-state index < -0.39 is 0 Å². The van der Waals surface area contributed by atoms with Gasteiger partial charge in [0.25, 0.3) is 5.56 Å². The molecule has 2 aromatic heterocycles. The molecule has 0 spiro atoms. The molecule has 0 unspecified atom stereocenters. The van der Waals surface area contributed by atoms with Crippen LogP contribution >= 0.6 is 0 Å². The molecule has 0 amide bonds. The summed E-state index contributed by atoms with van der Waals surface area (Å²) in [6.45, 7) is 3.94. The Morgan fingerprint density at radius 2 is 1.57 bits per heavy atom. The zero-order valence-corrected chi connectivity index (χ0v) is 16.6. The molecular formula is C25H28N2O. The highest BCUT2D eigenvalue weighted by atomic mass is 16.1. The summed E-state index contributed by atoms with van der Waals surface area (Å²) in [7, 11) is 0. The van der Waals surface area contributed by atoms with E-state index in [0.717, 1.165) is 48.6 Å². The Morgan fingerprint density at radius 1 is 0.786 bits per heavy atom. The number of aromatic nitrogens is 2. The molecule has 0 bridgehead atoms. The Labute approximate surface area is 166 Å². The van der Waals surface area contributed by atoms with Gasteiger partial charge < -0.3 is 9.13 Å². The van der Waals surface area contributed by atoms with Crippen LogP contribution < -0.4 is 5.56 Å². The number of hydrogen-bond acceptors (Lipinski definition) is 1. The average Bonchev–Trinajstić information content (AvgIpc) is 3.05. The third kappa shape index (κ3) is 3.62. The number of para-hydroxylation sites is 1. The van der Waals surface area contributed by atoms with E-state index in [1.54, 1.807) is 0 Å². The second kappa shape index (κ2) is 8.47. The van der Waals surface area contributed by atoms with Gasteiger partial charge in [-0.05, 0) is 37.0 Å². The molecule has 2 heterocycles. The third-order valence-electron chi connectivity index (χ3n) is 5.59. The number of fused-ring (bicyclic) bond motifs is 3. The second-order valence-corrected chi connectivity index (χ2v) is 7.54. The predicted molar refractivity (Wildman–Crippen MR) is 118 cm³/mol. The summed E-state index contributed by atoms with van der Waals surface area (Å²) >= 11 is 0. The number of benzene rings is 2. The minimum absolute atomic E-state index is 0.135. The Kier molecular flexibility index (Phi) is 5.61. The van der Waals surface area contributed by atoms with Gasteiger partial charge in [-0.2, -0.15) is 0 Å². The molecule has 0 radical (unpaired) electrons. The van der Waals surface area contributed by atoms with Crippen molar-refractivity contribution in [2.24, 2.45) is 0 Å². The smallest absolute Gasteiger partial charge is 0.260 e. The van der Waals surface area contributed by atoms with Crippen LogP contribution in [-0.4, -0.2) is 9.13 Å². The molecule has 3 nitrogen and oxygen atoms in total. The Balaban J connectivity index is 1.66. The molecular weight excluding hydrogens is 344 g/mol. The van der Waals surface area contributed by atoms with Crippen molar-refractivity contribution in [2.45, 2.75) is 52.1 Å². The SMILES string of the molecule is CCCCCn1c2ccccc2c2c(=O)n(CCCc3ccccc3)ccc21. The highest BCUT2D eigenvalue weighted by Gasteiger charge is 2.14.